The van der Waals surface area contributed by atoms with Gasteiger partial charge in [0.1, 0.15) is 17.5 Å². The van der Waals surface area contributed by atoms with E-state index in [0.717, 1.165) is 42.0 Å². The summed E-state index contributed by atoms with van der Waals surface area (Å²) >= 11 is 0. The molecule has 3 unspecified atom stereocenters. The van der Waals surface area contributed by atoms with Gasteiger partial charge in [0.2, 0.25) is 0 Å². The lowest BCUT2D eigenvalue weighted by Crippen LogP contribution is -2.76. The van der Waals surface area contributed by atoms with E-state index in [1.54, 1.807) is 33.8 Å². The fourth-order valence-electron chi connectivity index (χ4n) is 8.99. The Hall–Kier alpha value is -3.71. The highest BCUT2D eigenvalue weighted by Gasteiger charge is 2.76. The van der Waals surface area contributed by atoms with Gasteiger partial charge in [-0.3, -0.25) is 24.0 Å². The number of ketones is 5. The highest BCUT2D eigenvalue weighted by molar-refractivity contribution is 6.32. The SMILES string of the molecule is C=C(CCC)Cc1cccc(-c2ccc(O)c3c2C[C@]2(C)C[C@]4(C)C(C(C)C)C(=O)C(C(C)=O)C(=O)[C@]4(O)C(=O)C2C3=O)c1. The van der Waals surface area contributed by atoms with Gasteiger partial charge in [0.25, 0.3) is 0 Å². The van der Waals surface area contributed by atoms with Crippen molar-refractivity contribution < 1.29 is 34.2 Å². The number of rotatable bonds is 7. The summed E-state index contributed by atoms with van der Waals surface area (Å²) in [7, 11) is 0. The molecule has 2 fully saturated rings. The molecule has 44 heavy (non-hydrogen) atoms. The van der Waals surface area contributed by atoms with Crippen LogP contribution in [0, 0.1) is 34.5 Å². The normalized spacial score (nSPS) is 31.4. The zero-order valence-electron chi connectivity index (χ0n) is 26.5. The second kappa shape index (κ2) is 10.7. The minimum Gasteiger partial charge on any atom is -0.507 e. The molecule has 0 heterocycles. The number of aliphatic hydroxyl groups is 1. The Labute approximate surface area is 258 Å². The molecule has 0 spiro atoms. The fourth-order valence-corrected chi connectivity index (χ4v) is 8.99. The van der Waals surface area contributed by atoms with E-state index >= 15 is 0 Å². The summed E-state index contributed by atoms with van der Waals surface area (Å²) in [4.78, 5) is 68.9. The van der Waals surface area contributed by atoms with Gasteiger partial charge in [0.05, 0.1) is 11.5 Å². The third-order valence-corrected chi connectivity index (χ3v) is 10.6. The average molecular weight is 599 g/mol. The number of Topliss-reactive ketones (excluding diaryl/α,β-unsaturated/α-hetero) is 5. The quantitative estimate of drug-likeness (QED) is 0.311. The maximum absolute atomic E-state index is 14.5. The van der Waals surface area contributed by atoms with Crippen LogP contribution in [0.3, 0.4) is 0 Å². The van der Waals surface area contributed by atoms with E-state index in [-0.39, 0.29) is 24.2 Å². The summed E-state index contributed by atoms with van der Waals surface area (Å²) in [5.74, 6) is -8.93. The lowest BCUT2D eigenvalue weighted by atomic mass is 9.40. The summed E-state index contributed by atoms with van der Waals surface area (Å²) in [6.45, 7) is 14.3. The summed E-state index contributed by atoms with van der Waals surface area (Å²) in [6.07, 6.45) is 2.86. The molecule has 6 atom stereocenters. The van der Waals surface area contributed by atoms with Crippen LogP contribution in [-0.4, -0.2) is 44.7 Å². The molecule has 0 radical (unpaired) electrons. The van der Waals surface area contributed by atoms with Crippen LogP contribution < -0.4 is 0 Å². The van der Waals surface area contributed by atoms with Crippen molar-refractivity contribution in [3.05, 3.63) is 65.2 Å². The number of carbonyl (C=O) groups excluding carboxylic acids is 5. The first-order valence-electron chi connectivity index (χ1n) is 15.5. The van der Waals surface area contributed by atoms with Crippen LogP contribution in [0.5, 0.6) is 5.75 Å². The summed E-state index contributed by atoms with van der Waals surface area (Å²) < 4.78 is 0. The summed E-state index contributed by atoms with van der Waals surface area (Å²) in [5.41, 5.74) is -0.926. The molecule has 232 valence electrons. The van der Waals surface area contributed by atoms with Gasteiger partial charge in [-0.2, -0.15) is 0 Å². The number of hydrogen-bond acceptors (Lipinski definition) is 7. The number of aromatic hydroxyl groups is 1. The smallest absolute Gasteiger partial charge is 0.190 e. The molecule has 3 aliphatic carbocycles. The van der Waals surface area contributed by atoms with Crippen molar-refractivity contribution in [1.82, 2.24) is 0 Å². The molecule has 2 N–H and O–H groups in total. The minimum atomic E-state index is -2.70. The van der Waals surface area contributed by atoms with Gasteiger partial charge in [-0.15, -0.1) is 0 Å². The van der Waals surface area contributed by atoms with Crippen molar-refractivity contribution in [3.63, 3.8) is 0 Å². The first-order valence-corrected chi connectivity index (χ1v) is 15.5. The zero-order chi connectivity index (χ0) is 32.5. The van der Waals surface area contributed by atoms with E-state index in [1.807, 2.05) is 24.3 Å². The van der Waals surface area contributed by atoms with E-state index < -0.39 is 69.0 Å². The fraction of sp³-hybridized carbons (Fsp3) is 0.486. The van der Waals surface area contributed by atoms with Crippen LogP contribution in [0.2, 0.25) is 0 Å². The van der Waals surface area contributed by atoms with Gasteiger partial charge in [0, 0.05) is 11.3 Å². The monoisotopic (exact) mass is 598 g/mol. The van der Waals surface area contributed by atoms with Crippen LogP contribution in [0.4, 0.5) is 0 Å². The first-order chi connectivity index (χ1) is 20.5. The molecule has 0 aromatic heterocycles. The number of hydrogen-bond donors (Lipinski definition) is 2. The van der Waals surface area contributed by atoms with Gasteiger partial charge in [-0.1, -0.05) is 83.5 Å². The zero-order valence-corrected chi connectivity index (χ0v) is 26.5. The number of phenols is 1. The molecular formula is C37H42O7. The molecule has 2 saturated carbocycles. The Morgan fingerprint density at radius 3 is 2.36 bits per heavy atom. The molecule has 0 saturated heterocycles. The predicted octanol–water partition coefficient (Wildman–Crippen LogP) is 5.66. The van der Waals surface area contributed by atoms with E-state index in [2.05, 4.69) is 13.5 Å². The summed E-state index contributed by atoms with van der Waals surface area (Å²) in [5, 5.41) is 23.2. The number of allylic oxidation sites excluding steroid dienone is 1. The molecule has 2 aromatic rings. The van der Waals surface area contributed by atoms with Crippen LogP contribution >= 0.6 is 0 Å². The molecule has 2 aromatic carbocycles. The topological polar surface area (TPSA) is 126 Å². The maximum atomic E-state index is 14.5. The van der Waals surface area contributed by atoms with Crippen LogP contribution in [0.15, 0.2) is 48.6 Å². The minimum absolute atomic E-state index is 0.00851. The second-order valence-electron chi connectivity index (χ2n) is 14.2. The van der Waals surface area contributed by atoms with Crippen molar-refractivity contribution in [1.29, 1.82) is 0 Å². The van der Waals surface area contributed by atoms with Crippen molar-refractivity contribution >= 4 is 28.9 Å². The van der Waals surface area contributed by atoms with Gasteiger partial charge < -0.3 is 10.2 Å². The van der Waals surface area contributed by atoms with E-state index in [4.69, 9.17) is 0 Å². The molecule has 7 heteroatoms. The molecule has 7 nitrogen and oxygen atoms in total. The number of carbonyl (C=O) groups is 5. The average Bonchev–Trinajstić information content (AvgIpc) is 2.90. The van der Waals surface area contributed by atoms with E-state index in [9.17, 15) is 34.2 Å². The Morgan fingerprint density at radius 2 is 1.75 bits per heavy atom. The lowest BCUT2D eigenvalue weighted by Gasteiger charge is -2.61. The first kappa shape index (κ1) is 31.7. The largest absolute Gasteiger partial charge is 0.507 e. The highest BCUT2D eigenvalue weighted by atomic mass is 16.3. The third-order valence-electron chi connectivity index (χ3n) is 10.6. The molecule has 0 aliphatic heterocycles. The Bertz CT molecular complexity index is 1630. The second-order valence-corrected chi connectivity index (χ2v) is 14.2. The lowest BCUT2D eigenvalue weighted by molar-refractivity contribution is -0.205. The predicted molar refractivity (Wildman–Crippen MR) is 166 cm³/mol. The Balaban J connectivity index is 1.67. The summed E-state index contributed by atoms with van der Waals surface area (Å²) in [6, 6.07) is 11.2. The van der Waals surface area contributed by atoms with E-state index in [0.29, 0.717) is 12.0 Å². The molecule has 5 rings (SSSR count). The molecular weight excluding hydrogens is 556 g/mol. The standard InChI is InChI=1S/C37H42O7/c1-8-10-20(4)15-22-11-9-12-23(16-22)24-13-14-26(39)28-25(24)17-35(6)18-36(7)29(19(2)3)31(40)27(21(5)38)33(42)37(36,44)34(43)30(35)32(28)41/h9,11-14,16,19,27,29-30,39,44H,4,8,10,15,17-18H2,1-3,5-7H3/t27?,29?,30?,35-,36-,37+/m1/s1. The molecule has 3 aliphatic rings. The van der Waals surface area contributed by atoms with Crippen molar-refractivity contribution in [3.8, 4) is 16.9 Å². The van der Waals surface area contributed by atoms with E-state index in [1.165, 1.54) is 6.07 Å². The van der Waals surface area contributed by atoms with Gasteiger partial charge in [-0.05, 0) is 72.3 Å². The van der Waals surface area contributed by atoms with Crippen molar-refractivity contribution in [2.45, 2.75) is 79.2 Å². The Kier molecular flexibility index (Phi) is 7.73. The molecule has 0 bridgehead atoms. The Morgan fingerprint density at radius 1 is 1.07 bits per heavy atom. The van der Waals surface area contributed by atoms with Crippen molar-refractivity contribution in [2.75, 3.05) is 0 Å². The van der Waals surface area contributed by atoms with Crippen molar-refractivity contribution in [2.24, 2.45) is 34.5 Å². The van der Waals surface area contributed by atoms with Gasteiger partial charge in [0.15, 0.2) is 28.7 Å². The van der Waals surface area contributed by atoms with Gasteiger partial charge in [-0.25, -0.2) is 0 Å². The highest BCUT2D eigenvalue weighted by Crippen LogP contribution is 2.64. The number of fused-ring (bicyclic) bond motifs is 3. The maximum Gasteiger partial charge on any atom is 0.190 e. The molecule has 0 amide bonds. The third kappa shape index (κ3) is 4.38. The van der Waals surface area contributed by atoms with Crippen LogP contribution in [0.1, 0.15) is 82.3 Å². The van der Waals surface area contributed by atoms with Crippen LogP contribution in [0.25, 0.3) is 11.1 Å². The number of benzene rings is 2. The number of phenolic OH excluding ortho intramolecular Hbond substituents is 1. The van der Waals surface area contributed by atoms with Gasteiger partial charge >= 0.3 is 0 Å². The van der Waals surface area contributed by atoms with Crippen LogP contribution in [-0.2, 0) is 32.0 Å².